The molecule has 0 aliphatic rings. The van der Waals surface area contributed by atoms with Crippen molar-refractivity contribution in [2.75, 3.05) is 12.3 Å². The Kier molecular flexibility index (Phi) is 12.5. The third-order valence-corrected chi connectivity index (χ3v) is 11.4. The summed E-state index contributed by atoms with van der Waals surface area (Å²) in [4.78, 5) is 0. The average molecular weight is 558 g/mol. The Morgan fingerprint density at radius 2 is 0.636 bits per heavy atom. The van der Waals surface area contributed by atoms with Crippen molar-refractivity contribution < 1.29 is 12.7 Å². The Labute approximate surface area is 215 Å². The van der Waals surface area contributed by atoms with Gasteiger partial charge < -0.3 is 0 Å². The van der Waals surface area contributed by atoms with Crippen LogP contribution in [-0.4, -0.2) is 12.3 Å². The molecule has 0 N–H and O–H groups in total. The maximum atomic E-state index is 4.70. The Hall–Kier alpha value is -1.19. The van der Waals surface area contributed by atoms with E-state index in [1.807, 2.05) is 0 Å². The first-order chi connectivity index (χ1) is 16.3. The summed E-state index contributed by atoms with van der Waals surface area (Å²) in [6.07, 6.45) is 5.20. The minimum Gasteiger partial charge on any atom is -0.0620 e. The molecule has 0 saturated heterocycles. The topological polar surface area (TPSA) is 0 Å². The quantitative estimate of drug-likeness (QED) is 0.120. The second kappa shape index (κ2) is 15.7. The molecule has 0 heterocycles. The fraction of sp³-hybridized carbons (Fsp3) is 0.143. The maximum absolute atomic E-state index is 4.70. The van der Waals surface area contributed by atoms with E-state index in [-0.39, 0.29) is 0 Å². The third-order valence-electron chi connectivity index (χ3n) is 5.59. The van der Waals surface area contributed by atoms with Gasteiger partial charge in [0.2, 0.25) is 0 Å². The zero-order chi connectivity index (χ0) is 23.1. The van der Waals surface area contributed by atoms with Crippen LogP contribution in [-0.2, 0) is 12.7 Å². The van der Waals surface area contributed by atoms with Crippen LogP contribution in [0.4, 0.5) is 0 Å². The van der Waals surface area contributed by atoms with Crippen LogP contribution in [0.3, 0.4) is 0 Å². The largest absolute Gasteiger partial charge is 0.0966 e. The van der Waals surface area contributed by atoms with Gasteiger partial charge in [-0.1, -0.05) is 72.8 Å². The van der Waals surface area contributed by atoms with E-state index in [2.05, 4.69) is 121 Å². The molecule has 0 radical (unpaired) electrons. The van der Waals surface area contributed by atoms with Crippen LogP contribution in [0, 0.1) is 0 Å². The van der Waals surface area contributed by atoms with Crippen molar-refractivity contribution in [1.29, 1.82) is 0 Å². The molecule has 0 fully saturated rings. The van der Waals surface area contributed by atoms with Crippen molar-refractivity contribution in [3.63, 3.8) is 0 Å². The number of hydrogen-bond donors (Lipinski definition) is 0. The predicted molar refractivity (Wildman–Crippen MR) is 152 cm³/mol. The van der Waals surface area contributed by atoms with Crippen LogP contribution in [0.15, 0.2) is 121 Å². The van der Waals surface area contributed by atoms with E-state index in [9.17, 15) is 0 Å². The Balaban J connectivity index is 0.000000968. The van der Waals surface area contributed by atoms with Crippen LogP contribution >= 0.6 is 36.2 Å². The molecule has 0 amide bonds. The van der Waals surface area contributed by atoms with Gasteiger partial charge in [-0.25, -0.2) is 0 Å². The SMILES string of the molecule is [Cl][Ni][Cl].c1ccc([PH+](CCCC[PH+](c2ccccc2)c2ccccc2)c2ccccc2)cc1. The Bertz CT molecular complexity index is 855. The first kappa shape index (κ1) is 26.4. The first-order valence-corrected chi connectivity index (χ1v) is 17.2. The molecule has 0 aliphatic heterocycles. The van der Waals surface area contributed by atoms with Crippen LogP contribution in [0.25, 0.3) is 0 Å². The molecule has 0 atom stereocenters. The Morgan fingerprint density at radius 3 is 0.848 bits per heavy atom. The van der Waals surface area contributed by atoms with E-state index >= 15 is 0 Å². The number of halogens is 2. The molecular formula is C28H30Cl2NiP2+2. The molecule has 0 saturated carbocycles. The van der Waals surface area contributed by atoms with Gasteiger partial charge in [0.25, 0.3) is 0 Å². The molecule has 5 heteroatoms. The van der Waals surface area contributed by atoms with Crippen LogP contribution in [0.5, 0.6) is 0 Å². The molecule has 0 aliphatic carbocycles. The van der Waals surface area contributed by atoms with E-state index in [1.54, 1.807) is 0 Å². The van der Waals surface area contributed by atoms with Gasteiger partial charge in [-0.3, -0.25) is 0 Å². The molecule has 174 valence electrons. The van der Waals surface area contributed by atoms with Gasteiger partial charge in [0.1, 0.15) is 0 Å². The normalized spacial score (nSPS) is 10.8. The van der Waals surface area contributed by atoms with E-state index in [1.165, 1.54) is 46.4 Å². The fourth-order valence-electron chi connectivity index (χ4n) is 4.07. The van der Waals surface area contributed by atoms with E-state index in [4.69, 9.17) is 20.4 Å². The molecule has 4 aromatic carbocycles. The van der Waals surface area contributed by atoms with Crippen molar-refractivity contribution in [2.24, 2.45) is 0 Å². The van der Waals surface area contributed by atoms with E-state index < -0.39 is 15.8 Å². The Morgan fingerprint density at radius 1 is 0.424 bits per heavy atom. The van der Waals surface area contributed by atoms with Gasteiger partial charge in [-0.15, -0.1) is 0 Å². The fourth-order valence-corrected chi connectivity index (χ4v) is 9.48. The third kappa shape index (κ3) is 8.83. The van der Waals surface area contributed by atoms with E-state index in [0.29, 0.717) is 12.7 Å². The smallest absolute Gasteiger partial charge is 0.0620 e. The number of benzene rings is 4. The molecule has 4 rings (SSSR count). The van der Waals surface area contributed by atoms with Crippen molar-refractivity contribution >= 4 is 57.4 Å². The van der Waals surface area contributed by atoms with Crippen LogP contribution in [0.1, 0.15) is 12.8 Å². The zero-order valence-electron chi connectivity index (χ0n) is 18.4. The van der Waals surface area contributed by atoms with Crippen LogP contribution < -0.4 is 21.2 Å². The van der Waals surface area contributed by atoms with Crippen LogP contribution in [0.2, 0.25) is 0 Å². The second-order valence-corrected chi connectivity index (χ2v) is 14.5. The summed E-state index contributed by atoms with van der Waals surface area (Å²) >= 11 is 0.569. The second-order valence-electron chi connectivity index (χ2n) is 7.67. The molecule has 33 heavy (non-hydrogen) atoms. The number of unbranched alkanes of at least 4 members (excludes halogenated alkanes) is 1. The van der Waals surface area contributed by atoms with Gasteiger partial charge in [0.15, 0.2) is 0 Å². The molecule has 0 bridgehead atoms. The van der Waals surface area contributed by atoms with Gasteiger partial charge >= 0.3 is 33.0 Å². The standard InChI is InChI=1S/C28H28P2.2ClH.Ni/c1-5-15-25(16-6-1)29(26-17-7-2-8-18-26)23-13-14-24-30(27-19-9-3-10-20-27)28-21-11-4-12-22-28;;;/h1-12,15-22H,13-14,23-24H2;2*1H;/q;;;+2. The summed E-state index contributed by atoms with van der Waals surface area (Å²) in [5, 5.41) is 6.13. The molecule has 0 unspecified atom stereocenters. The summed E-state index contributed by atoms with van der Waals surface area (Å²) in [5.41, 5.74) is 0. The monoisotopic (exact) mass is 556 g/mol. The maximum Gasteiger partial charge on any atom is 0.0966 e. The van der Waals surface area contributed by atoms with Crippen molar-refractivity contribution in [3.8, 4) is 0 Å². The minimum absolute atomic E-state index is 0.569. The summed E-state index contributed by atoms with van der Waals surface area (Å²) < 4.78 is 0. The predicted octanol–water partition coefficient (Wildman–Crippen LogP) is 6.87. The number of rotatable bonds is 9. The molecule has 0 nitrogen and oxygen atoms in total. The minimum atomic E-state index is -0.714. The van der Waals surface area contributed by atoms with Gasteiger partial charge in [0, 0.05) is 0 Å². The van der Waals surface area contributed by atoms with Gasteiger partial charge in [0.05, 0.1) is 49.4 Å². The summed E-state index contributed by atoms with van der Waals surface area (Å²) in [7, 11) is 7.97. The molecule has 0 aromatic heterocycles. The van der Waals surface area contributed by atoms with Gasteiger partial charge in [-0.05, 0) is 61.4 Å². The molecule has 4 aromatic rings. The first-order valence-electron chi connectivity index (χ1n) is 11.1. The number of hydrogen-bond acceptors (Lipinski definition) is 0. The van der Waals surface area contributed by atoms with E-state index in [0.717, 1.165) is 0 Å². The average Bonchev–Trinajstić information content (AvgIpc) is 2.89. The summed E-state index contributed by atoms with van der Waals surface area (Å²) in [6.45, 7) is 0. The van der Waals surface area contributed by atoms with Crippen molar-refractivity contribution in [3.05, 3.63) is 121 Å². The molecular weight excluding hydrogens is 528 g/mol. The zero-order valence-corrected chi connectivity index (χ0v) is 22.9. The van der Waals surface area contributed by atoms with Crippen molar-refractivity contribution in [2.45, 2.75) is 12.8 Å². The molecule has 0 spiro atoms. The summed E-state index contributed by atoms with van der Waals surface area (Å²) in [6, 6.07) is 44.6. The summed E-state index contributed by atoms with van der Waals surface area (Å²) in [5.74, 6) is 0. The van der Waals surface area contributed by atoms with Crippen molar-refractivity contribution in [1.82, 2.24) is 0 Å². The van der Waals surface area contributed by atoms with Gasteiger partial charge in [-0.2, -0.15) is 0 Å².